The van der Waals surface area contributed by atoms with Gasteiger partial charge in [-0.15, -0.1) is 0 Å². The highest BCUT2D eigenvalue weighted by Gasteiger charge is 2.31. The fraction of sp³-hybridized carbons (Fsp3) is 0.333. The molecule has 2 aliphatic heterocycles. The summed E-state index contributed by atoms with van der Waals surface area (Å²) < 4.78 is 5.52. The molecule has 1 atom stereocenters. The van der Waals surface area contributed by atoms with Gasteiger partial charge in [0.25, 0.3) is 5.91 Å². The van der Waals surface area contributed by atoms with E-state index in [1.54, 1.807) is 6.20 Å². The van der Waals surface area contributed by atoms with E-state index in [0.29, 0.717) is 0 Å². The lowest BCUT2D eigenvalue weighted by Crippen LogP contribution is -2.30. The van der Waals surface area contributed by atoms with Gasteiger partial charge >= 0.3 is 0 Å². The van der Waals surface area contributed by atoms with Gasteiger partial charge in [0.05, 0.1) is 12.6 Å². The number of benzene rings is 1. The van der Waals surface area contributed by atoms with Crippen LogP contribution in [-0.2, 0) is 6.42 Å². The second kappa shape index (κ2) is 5.44. The van der Waals surface area contributed by atoms with Crippen LogP contribution in [0.2, 0.25) is 0 Å². The minimum absolute atomic E-state index is 0.112. The lowest BCUT2D eigenvalue weighted by molar-refractivity contribution is 0.0735. The van der Waals surface area contributed by atoms with E-state index < -0.39 is 0 Å². The van der Waals surface area contributed by atoms with Crippen molar-refractivity contribution in [3.05, 3.63) is 59.4 Å². The molecule has 0 aliphatic carbocycles. The van der Waals surface area contributed by atoms with Gasteiger partial charge in [0.1, 0.15) is 5.75 Å². The van der Waals surface area contributed by atoms with Crippen LogP contribution < -0.4 is 4.74 Å². The monoisotopic (exact) mass is 294 g/mol. The van der Waals surface area contributed by atoms with Crippen LogP contribution in [0.25, 0.3) is 0 Å². The molecule has 3 heterocycles. The van der Waals surface area contributed by atoms with Crippen LogP contribution in [0.15, 0.2) is 42.7 Å². The molecule has 1 unspecified atom stereocenters. The molecule has 112 valence electrons. The summed E-state index contributed by atoms with van der Waals surface area (Å²) in [6.45, 7) is 1.53. The minimum Gasteiger partial charge on any atom is -0.493 e. The zero-order chi connectivity index (χ0) is 14.9. The molecule has 4 rings (SSSR count). The van der Waals surface area contributed by atoms with Crippen molar-refractivity contribution in [2.24, 2.45) is 0 Å². The quantitative estimate of drug-likeness (QED) is 0.855. The number of rotatable bonds is 2. The number of hydrogen-bond acceptors (Lipinski definition) is 3. The van der Waals surface area contributed by atoms with Gasteiger partial charge in [-0.3, -0.25) is 9.78 Å². The summed E-state index contributed by atoms with van der Waals surface area (Å²) in [7, 11) is 0. The lowest BCUT2D eigenvalue weighted by Gasteiger charge is -2.25. The molecule has 1 amide bonds. The molecule has 2 aliphatic rings. The normalized spacial score (nSPS) is 19.8. The van der Waals surface area contributed by atoms with Crippen molar-refractivity contribution in [1.82, 2.24) is 9.88 Å². The van der Waals surface area contributed by atoms with Gasteiger partial charge in [-0.1, -0.05) is 6.07 Å². The largest absolute Gasteiger partial charge is 0.493 e. The predicted molar refractivity (Wildman–Crippen MR) is 82.9 cm³/mol. The molecule has 0 spiro atoms. The number of fused-ring (bicyclic) bond motifs is 1. The van der Waals surface area contributed by atoms with Gasteiger partial charge in [-0.05, 0) is 48.2 Å². The SMILES string of the molecule is O=C(c1ccc2c(c1)CCO2)N1CCCC1c1cccnc1. The number of amides is 1. The number of likely N-dealkylation sites (tertiary alicyclic amines) is 1. The number of ether oxygens (including phenoxy) is 1. The van der Waals surface area contributed by atoms with Crippen molar-refractivity contribution < 1.29 is 9.53 Å². The second-order valence-electron chi connectivity index (χ2n) is 5.86. The third kappa shape index (κ3) is 2.25. The lowest BCUT2D eigenvalue weighted by atomic mass is 10.0. The highest BCUT2D eigenvalue weighted by atomic mass is 16.5. The third-order valence-electron chi connectivity index (χ3n) is 4.52. The standard InChI is InChI=1S/C18H18N2O2/c21-18(14-5-6-17-13(11-14)7-10-22-17)20-9-2-4-16(20)15-3-1-8-19-12-15/h1,3,5-6,8,11-12,16H,2,4,7,9-10H2. The van der Waals surface area contributed by atoms with E-state index in [-0.39, 0.29) is 11.9 Å². The Morgan fingerprint density at radius 1 is 1.32 bits per heavy atom. The Labute approximate surface area is 129 Å². The highest BCUT2D eigenvalue weighted by molar-refractivity contribution is 5.95. The van der Waals surface area contributed by atoms with Gasteiger partial charge in [-0.2, -0.15) is 0 Å². The van der Waals surface area contributed by atoms with E-state index in [1.807, 2.05) is 35.4 Å². The first-order valence-corrected chi connectivity index (χ1v) is 7.79. The van der Waals surface area contributed by atoms with Crippen LogP contribution in [0.5, 0.6) is 5.75 Å². The van der Waals surface area contributed by atoms with E-state index >= 15 is 0 Å². The van der Waals surface area contributed by atoms with E-state index in [9.17, 15) is 4.79 Å². The molecule has 2 aromatic rings. The number of pyridine rings is 1. The number of carbonyl (C=O) groups excluding carboxylic acids is 1. The molecule has 0 radical (unpaired) electrons. The molecule has 1 aromatic heterocycles. The second-order valence-corrected chi connectivity index (χ2v) is 5.86. The molecule has 1 saturated heterocycles. The Morgan fingerprint density at radius 2 is 2.27 bits per heavy atom. The van der Waals surface area contributed by atoms with Crippen LogP contribution in [0, 0.1) is 0 Å². The summed E-state index contributed by atoms with van der Waals surface area (Å²) in [5, 5.41) is 0. The Morgan fingerprint density at radius 3 is 3.14 bits per heavy atom. The van der Waals surface area contributed by atoms with E-state index in [1.165, 1.54) is 0 Å². The van der Waals surface area contributed by atoms with Crippen molar-refractivity contribution in [3.63, 3.8) is 0 Å². The molecule has 1 fully saturated rings. The average Bonchev–Trinajstić information content (AvgIpc) is 3.23. The smallest absolute Gasteiger partial charge is 0.254 e. The summed E-state index contributed by atoms with van der Waals surface area (Å²) >= 11 is 0. The van der Waals surface area contributed by atoms with Crippen LogP contribution in [-0.4, -0.2) is 28.9 Å². The van der Waals surface area contributed by atoms with Gasteiger partial charge in [-0.25, -0.2) is 0 Å². The molecule has 0 N–H and O–H groups in total. The Hall–Kier alpha value is -2.36. The summed E-state index contributed by atoms with van der Waals surface area (Å²) in [6.07, 6.45) is 6.57. The van der Waals surface area contributed by atoms with Crippen LogP contribution in [0.4, 0.5) is 0 Å². The fourth-order valence-electron chi connectivity index (χ4n) is 3.41. The Kier molecular flexibility index (Phi) is 3.29. The van der Waals surface area contributed by atoms with Gasteiger partial charge in [0, 0.05) is 30.9 Å². The predicted octanol–water partition coefficient (Wildman–Crippen LogP) is 2.99. The number of hydrogen-bond donors (Lipinski definition) is 0. The zero-order valence-electron chi connectivity index (χ0n) is 12.4. The Balaban J connectivity index is 1.62. The van der Waals surface area contributed by atoms with Crippen molar-refractivity contribution in [3.8, 4) is 5.75 Å². The molecule has 0 bridgehead atoms. The maximum Gasteiger partial charge on any atom is 0.254 e. The fourth-order valence-corrected chi connectivity index (χ4v) is 3.41. The zero-order valence-corrected chi connectivity index (χ0v) is 12.4. The average molecular weight is 294 g/mol. The topological polar surface area (TPSA) is 42.4 Å². The summed E-state index contributed by atoms with van der Waals surface area (Å²) in [4.78, 5) is 19.1. The van der Waals surface area contributed by atoms with Gasteiger partial charge in [0.15, 0.2) is 0 Å². The van der Waals surface area contributed by atoms with Crippen molar-refractivity contribution >= 4 is 5.91 Å². The number of nitrogens with zero attached hydrogens (tertiary/aromatic N) is 2. The third-order valence-corrected chi connectivity index (χ3v) is 4.52. The van der Waals surface area contributed by atoms with E-state index in [2.05, 4.69) is 11.1 Å². The van der Waals surface area contributed by atoms with Gasteiger partial charge in [0.2, 0.25) is 0 Å². The number of aromatic nitrogens is 1. The van der Waals surface area contributed by atoms with Crippen molar-refractivity contribution in [2.45, 2.75) is 25.3 Å². The van der Waals surface area contributed by atoms with Crippen molar-refractivity contribution in [2.75, 3.05) is 13.2 Å². The molecule has 4 nitrogen and oxygen atoms in total. The maximum absolute atomic E-state index is 12.9. The molecule has 0 saturated carbocycles. The molecular weight excluding hydrogens is 276 g/mol. The molecular formula is C18H18N2O2. The summed E-state index contributed by atoms with van der Waals surface area (Å²) in [5.41, 5.74) is 3.03. The molecule has 22 heavy (non-hydrogen) atoms. The van der Waals surface area contributed by atoms with E-state index in [0.717, 1.165) is 54.9 Å². The van der Waals surface area contributed by atoms with Crippen LogP contribution in [0.3, 0.4) is 0 Å². The van der Waals surface area contributed by atoms with Crippen LogP contribution in [0.1, 0.15) is 40.4 Å². The van der Waals surface area contributed by atoms with Crippen LogP contribution >= 0.6 is 0 Å². The van der Waals surface area contributed by atoms with Crippen molar-refractivity contribution in [1.29, 1.82) is 0 Å². The van der Waals surface area contributed by atoms with Gasteiger partial charge < -0.3 is 9.64 Å². The Bertz CT molecular complexity index is 699. The molecule has 1 aromatic carbocycles. The summed E-state index contributed by atoms with van der Waals surface area (Å²) in [5.74, 6) is 1.03. The minimum atomic E-state index is 0.112. The first-order valence-electron chi connectivity index (χ1n) is 7.79. The summed E-state index contributed by atoms with van der Waals surface area (Å²) in [6, 6.07) is 9.92. The first kappa shape index (κ1) is 13.3. The van der Waals surface area contributed by atoms with E-state index in [4.69, 9.17) is 4.74 Å². The maximum atomic E-state index is 12.9. The number of carbonyl (C=O) groups is 1. The highest BCUT2D eigenvalue weighted by Crippen LogP contribution is 2.34. The first-order chi connectivity index (χ1) is 10.8. The molecule has 4 heteroatoms.